The van der Waals surface area contributed by atoms with Crippen LogP contribution in [0.3, 0.4) is 0 Å². The summed E-state index contributed by atoms with van der Waals surface area (Å²) in [6.45, 7) is 0.644. The minimum atomic E-state index is -0.619. The molecule has 9 heteroatoms. The van der Waals surface area contributed by atoms with Crippen LogP contribution in [0.2, 0.25) is 0 Å². The van der Waals surface area contributed by atoms with E-state index < -0.39 is 12.1 Å². The molecule has 1 saturated carbocycles. The van der Waals surface area contributed by atoms with Crippen molar-refractivity contribution in [2.75, 3.05) is 18.0 Å². The van der Waals surface area contributed by atoms with Crippen LogP contribution in [0, 0.1) is 5.41 Å². The number of anilines is 1. The predicted molar refractivity (Wildman–Crippen MR) is 112 cm³/mol. The lowest BCUT2D eigenvalue weighted by Gasteiger charge is -2.21. The second-order valence-electron chi connectivity index (χ2n) is 7.69. The molecule has 1 heterocycles. The van der Waals surface area contributed by atoms with E-state index in [1.165, 1.54) is 6.42 Å². The minimum Gasteiger partial charge on any atom is -0.462 e. The number of nitrogens with two attached hydrogens (primary N) is 1. The summed E-state index contributed by atoms with van der Waals surface area (Å²) in [6.07, 6.45) is 5.80. The number of nitrogens with zero attached hydrogens (tertiary/aromatic N) is 1. The summed E-state index contributed by atoms with van der Waals surface area (Å²) in [4.78, 5) is 38.2. The van der Waals surface area contributed by atoms with Crippen molar-refractivity contribution in [1.82, 2.24) is 10.6 Å². The zero-order valence-electron chi connectivity index (χ0n) is 17.0. The van der Waals surface area contributed by atoms with Crippen molar-refractivity contribution in [2.45, 2.75) is 57.1 Å². The molecule has 0 radical (unpaired) electrons. The third-order valence-corrected chi connectivity index (χ3v) is 5.47. The average Bonchev–Trinajstić information content (AvgIpc) is 3.09. The molecular weight excluding hydrogens is 386 g/mol. The zero-order valence-corrected chi connectivity index (χ0v) is 17.0. The molecule has 162 valence electrons. The van der Waals surface area contributed by atoms with Crippen molar-refractivity contribution in [3.8, 4) is 0 Å². The Kier molecular flexibility index (Phi) is 7.26. The van der Waals surface area contributed by atoms with Crippen molar-refractivity contribution in [3.63, 3.8) is 0 Å². The average molecular weight is 415 g/mol. The van der Waals surface area contributed by atoms with Crippen molar-refractivity contribution in [3.05, 3.63) is 29.8 Å². The molecule has 2 aliphatic rings. The molecular formula is C21H29N5O4. The van der Waals surface area contributed by atoms with Crippen LogP contribution in [-0.4, -0.2) is 49.0 Å². The molecule has 1 aliphatic heterocycles. The van der Waals surface area contributed by atoms with Crippen LogP contribution in [-0.2, 0) is 14.3 Å². The molecule has 1 atom stereocenters. The van der Waals surface area contributed by atoms with Crippen LogP contribution >= 0.6 is 0 Å². The molecule has 1 aliphatic carbocycles. The van der Waals surface area contributed by atoms with E-state index in [4.69, 9.17) is 15.9 Å². The van der Waals surface area contributed by atoms with Gasteiger partial charge in [-0.2, -0.15) is 0 Å². The maximum absolute atomic E-state index is 12.6. The Hall–Kier alpha value is -3.10. The quantitative estimate of drug-likeness (QED) is 0.305. The summed E-state index contributed by atoms with van der Waals surface area (Å²) in [5.74, 6) is -0.537. The maximum atomic E-state index is 12.6. The molecule has 3 amide bonds. The third kappa shape index (κ3) is 5.71. The highest BCUT2D eigenvalue weighted by Gasteiger charge is 2.33. The molecule has 0 bridgehead atoms. The molecule has 9 nitrogen and oxygen atoms in total. The first-order valence-electron chi connectivity index (χ1n) is 10.4. The summed E-state index contributed by atoms with van der Waals surface area (Å²) >= 11 is 0. The monoisotopic (exact) mass is 415 g/mol. The number of nitrogen functional groups attached to an aromatic ring is 1. The number of rotatable bonds is 7. The van der Waals surface area contributed by atoms with Gasteiger partial charge in [0.05, 0.1) is 6.42 Å². The number of carbonyl (C=O) groups is 3. The largest absolute Gasteiger partial charge is 0.462 e. The number of benzene rings is 1. The number of esters is 1. The van der Waals surface area contributed by atoms with E-state index in [0.29, 0.717) is 24.2 Å². The molecule has 1 aromatic rings. The van der Waals surface area contributed by atoms with E-state index in [0.717, 1.165) is 25.7 Å². The van der Waals surface area contributed by atoms with Gasteiger partial charge >= 0.3 is 12.0 Å². The van der Waals surface area contributed by atoms with Gasteiger partial charge in [0.15, 0.2) is 0 Å². The standard InChI is InChI=1S/C21H29N5O4/c22-19(23)14-6-8-15(9-7-14)26-13-11-17(20(26)28)25-21(29)24-12-10-18(27)30-16-4-2-1-3-5-16/h6-9,16-17H,1-5,10-13H2,(H3,22,23)(H2,24,25,29)/t17-/m0/s1. The highest BCUT2D eigenvalue weighted by Crippen LogP contribution is 2.22. The van der Waals surface area contributed by atoms with Gasteiger partial charge in [-0.1, -0.05) is 6.42 Å². The molecule has 1 saturated heterocycles. The van der Waals surface area contributed by atoms with Crippen LogP contribution in [0.15, 0.2) is 24.3 Å². The summed E-state index contributed by atoms with van der Waals surface area (Å²) in [5.41, 5.74) is 6.73. The number of urea groups is 1. The number of amides is 3. The summed E-state index contributed by atoms with van der Waals surface area (Å²) in [5, 5.41) is 12.7. The fourth-order valence-corrected chi connectivity index (χ4v) is 3.81. The van der Waals surface area contributed by atoms with Gasteiger partial charge in [0.1, 0.15) is 18.0 Å². The lowest BCUT2D eigenvalue weighted by molar-refractivity contribution is -0.150. The first kappa shape index (κ1) is 21.6. The second-order valence-corrected chi connectivity index (χ2v) is 7.69. The van der Waals surface area contributed by atoms with Crippen molar-refractivity contribution >= 4 is 29.4 Å². The number of ether oxygens (including phenoxy) is 1. The summed E-state index contributed by atoms with van der Waals surface area (Å²) in [7, 11) is 0. The Labute approximate surface area is 175 Å². The number of hydrogen-bond acceptors (Lipinski definition) is 5. The smallest absolute Gasteiger partial charge is 0.315 e. The van der Waals surface area contributed by atoms with Gasteiger partial charge in [0.2, 0.25) is 5.91 Å². The van der Waals surface area contributed by atoms with Crippen molar-refractivity contribution < 1.29 is 19.1 Å². The van der Waals surface area contributed by atoms with E-state index in [1.807, 2.05) is 0 Å². The third-order valence-electron chi connectivity index (χ3n) is 5.47. The molecule has 1 aromatic carbocycles. The highest BCUT2D eigenvalue weighted by molar-refractivity contribution is 6.02. The fraction of sp³-hybridized carbons (Fsp3) is 0.524. The van der Waals surface area contributed by atoms with Gasteiger partial charge in [-0.25, -0.2) is 4.79 Å². The second kappa shape index (κ2) is 10.1. The van der Waals surface area contributed by atoms with Crippen molar-refractivity contribution in [2.24, 2.45) is 5.73 Å². The van der Waals surface area contributed by atoms with Gasteiger partial charge in [-0.15, -0.1) is 0 Å². The zero-order chi connectivity index (χ0) is 21.5. The molecule has 2 fully saturated rings. The normalized spacial score (nSPS) is 19.4. The maximum Gasteiger partial charge on any atom is 0.315 e. The van der Waals surface area contributed by atoms with E-state index >= 15 is 0 Å². The lowest BCUT2D eigenvalue weighted by Crippen LogP contribution is -2.46. The number of carbonyl (C=O) groups excluding carboxylic acids is 3. The summed E-state index contributed by atoms with van der Waals surface area (Å²) < 4.78 is 5.42. The lowest BCUT2D eigenvalue weighted by atomic mass is 9.98. The van der Waals surface area contributed by atoms with Gasteiger partial charge in [0.25, 0.3) is 0 Å². The van der Waals surface area contributed by atoms with Gasteiger partial charge in [0, 0.05) is 24.3 Å². The Morgan fingerprint density at radius 2 is 1.83 bits per heavy atom. The molecule has 0 spiro atoms. The van der Waals surface area contributed by atoms with E-state index in [1.54, 1.807) is 29.2 Å². The van der Waals surface area contributed by atoms with Gasteiger partial charge in [-0.05, 0) is 56.4 Å². The highest BCUT2D eigenvalue weighted by atomic mass is 16.5. The Morgan fingerprint density at radius 1 is 1.13 bits per heavy atom. The van der Waals surface area contributed by atoms with E-state index in [2.05, 4.69) is 10.6 Å². The predicted octanol–water partition coefficient (Wildman–Crippen LogP) is 1.64. The molecule has 3 rings (SSSR count). The number of hydrogen-bond donors (Lipinski definition) is 4. The van der Waals surface area contributed by atoms with Crippen LogP contribution in [0.25, 0.3) is 0 Å². The van der Waals surface area contributed by atoms with Crippen LogP contribution in [0.4, 0.5) is 10.5 Å². The minimum absolute atomic E-state index is 0.00619. The SMILES string of the molecule is N=C(N)c1ccc(N2CC[C@H](NC(=O)NCCC(=O)OC3CCCCC3)C2=O)cc1. The molecule has 30 heavy (non-hydrogen) atoms. The molecule has 5 N–H and O–H groups in total. The van der Waals surface area contributed by atoms with Crippen LogP contribution < -0.4 is 21.3 Å². The van der Waals surface area contributed by atoms with Crippen molar-refractivity contribution in [1.29, 1.82) is 5.41 Å². The van der Waals surface area contributed by atoms with Gasteiger partial charge in [-0.3, -0.25) is 15.0 Å². The molecule has 0 unspecified atom stereocenters. The van der Waals surface area contributed by atoms with Crippen LogP contribution in [0.5, 0.6) is 0 Å². The first-order valence-corrected chi connectivity index (χ1v) is 10.4. The number of amidine groups is 1. The van der Waals surface area contributed by atoms with E-state index in [-0.39, 0.29) is 36.8 Å². The Balaban J connectivity index is 1.39. The molecule has 0 aromatic heterocycles. The fourth-order valence-electron chi connectivity index (χ4n) is 3.81. The van der Waals surface area contributed by atoms with Crippen LogP contribution in [0.1, 0.15) is 50.5 Å². The number of nitrogens with one attached hydrogen (secondary N) is 3. The Morgan fingerprint density at radius 3 is 2.50 bits per heavy atom. The Bertz CT molecular complexity index is 789. The van der Waals surface area contributed by atoms with Gasteiger partial charge < -0.3 is 26.0 Å². The van der Waals surface area contributed by atoms with E-state index in [9.17, 15) is 14.4 Å². The summed E-state index contributed by atoms with van der Waals surface area (Å²) in [6, 6.07) is 5.74. The topological polar surface area (TPSA) is 138 Å². The first-order chi connectivity index (χ1) is 14.4.